The number of likely N-dealkylation sites (N-methyl/N-ethyl adjacent to an activating group) is 1. The Morgan fingerprint density at radius 3 is 2.15 bits per heavy atom. The first kappa shape index (κ1) is 19.2. The van der Waals surface area contributed by atoms with Crippen molar-refractivity contribution in [1.82, 2.24) is 4.31 Å². The van der Waals surface area contributed by atoms with Gasteiger partial charge >= 0.3 is 0 Å². The summed E-state index contributed by atoms with van der Waals surface area (Å²) in [4.78, 5) is 0.279. The molecule has 0 atom stereocenters. The van der Waals surface area contributed by atoms with Crippen molar-refractivity contribution in [3.8, 4) is 11.5 Å². The Hall–Kier alpha value is -2.57. The van der Waals surface area contributed by atoms with E-state index in [1.165, 1.54) is 4.31 Å². The first-order valence-corrected chi connectivity index (χ1v) is 10.1. The molecule has 27 heavy (non-hydrogen) atoms. The van der Waals surface area contributed by atoms with Gasteiger partial charge in [0.2, 0.25) is 10.0 Å². The fraction of sp³-hybridized carbons (Fsp3) is 0.238. The third-order valence-electron chi connectivity index (χ3n) is 4.64. The molecule has 3 aromatic rings. The molecule has 0 aliphatic carbocycles. The van der Waals surface area contributed by atoms with E-state index in [1.54, 1.807) is 39.5 Å². The molecule has 0 unspecified atom stereocenters. The second kappa shape index (κ2) is 7.98. The van der Waals surface area contributed by atoms with Crippen molar-refractivity contribution in [2.45, 2.75) is 11.3 Å². The van der Waals surface area contributed by atoms with Crippen LogP contribution < -0.4 is 9.47 Å². The lowest BCUT2D eigenvalue weighted by Crippen LogP contribution is -2.29. The molecule has 0 radical (unpaired) electrons. The van der Waals surface area contributed by atoms with Gasteiger partial charge in [0.25, 0.3) is 0 Å². The van der Waals surface area contributed by atoms with E-state index in [1.807, 2.05) is 42.5 Å². The Morgan fingerprint density at radius 2 is 1.44 bits per heavy atom. The van der Waals surface area contributed by atoms with Crippen LogP contribution in [0.5, 0.6) is 11.5 Å². The average molecular weight is 385 g/mol. The topological polar surface area (TPSA) is 55.8 Å². The fourth-order valence-electron chi connectivity index (χ4n) is 3.12. The number of hydrogen-bond acceptors (Lipinski definition) is 4. The Kier molecular flexibility index (Phi) is 5.68. The third-order valence-corrected chi connectivity index (χ3v) is 6.56. The van der Waals surface area contributed by atoms with Crippen molar-refractivity contribution < 1.29 is 17.9 Å². The highest BCUT2D eigenvalue weighted by molar-refractivity contribution is 7.89. The Balaban J connectivity index is 1.91. The number of para-hydroxylation sites is 1. The van der Waals surface area contributed by atoms with Gasteiger partial charge in [0.15, 0.2) is 0 Å². The van der Waals surface area contributed by atoms with Gasteiger partial charge in [-0.05, 0) is 30.2 Å². The number of nitrogens with zero attached hydrogens (tertiary/aromatic N) is 1. The summed E-state index contributed by atoms with van der Waals surface area (Å²) in [5, 5.41) is 1.43. The van der Waals surface area contributed by atoms with Crippen LogP contribution in [0.25, 0.3) is 10.8 Å². The van der Waals surface area contributed by atoms with Crippen molar-refractivity contribution >= 4 is 20.8 Å². The predicted octanol–water partition coefficient (Wildman–Crippen LogP) is 3.72. The van der Waals surface area contributed by atoms with Crippen LogP contribution >= 0.6 is 0 Å². The number of fused-ring (bicyclic) bond motifs is 1. The highest BCUT2D eigenvalue weighted by Gasteiger charge is 2.24. The molecule has 6 heteroatoms. The summed E-state index contributed by atoms with van der Waals surface area (Å²) < 4.78 is 38.4. The van der Waals surface area contributed by atoms with E-state index < -0.39 is 10.0 Å². The molecule has 0 aliphatic heterocycles. The van der Waals surface area contributed by atoms with Gasteiger partial charge in [-0.2, -0.15) is 0 Å². The normalized spacial score (nSPS) is 11.7. The fourth-order valence-corrected chi connectivity index (χ4v) is 4.49. The summed E-state index contributed by atoms with van der Waals surface area (Å²) in [5.41, 5.74) is 0.974. The van der Waals surface area contributed by atoms with Crippen molar-refractivity contribution in [2.75, 3.05) is 27.8 Å². The SMILES string of the molecule is COc1ccccc1CCN(C)S(=O)(=O)c1ccc(OC)c2ccccc12. The van der Waals surface area contributed by atoms with E-state index in [2.05, 4.69) is 0 Å². The van der Waals surface area contributed by atoms with E-state index in [9.17, 15) is 8.42 Å². The minimum atomic E-state index is -3.64. The molecule has 0 fully saturated rings. The molecule has 0 N–H and O–H groups in total. The molecule has 142 valence electrons. The van der Waals surface area contributed by atoms with Crippen LogP contribution in [0.3, 0.4) is 0 Å². The van der Waals surface area contributed by atoms with Gasteiger partial charge in [-0.1, -0.05) is 42.5 Å². The van der Waals surface area contributed by atoms with Gasteiger partial charge in [-0.3, -0.25) is 0 Å². The zero-order valence-corrected chi connectivity index (χ0v) is 16.5. The third kappa shape index (κ3) is 3.77. The summed E-state index contributed by atoms with van der Waals surface area (Å²) >= 11 is 0. The number of hydrogen-bond donors (Lipinski definition) is 0. The minimum Gasteiger partial charge on any atom is -0.496 e. The first-order valence-electron chi connectivity index (χ1n) is 8.63. The lowest BCUT2D eigenvalue weighted by atomic mass is 10.1. The maximum atomic E-state index is 13.2. The summed E-state index contributed by atoms with van der Waals surface area (Å²) in [6.07, 6.45) is 0.563. The maximum Gasteiger partial charge on any atom is 0.243 e. The van der Waals surface area contributed by atoms with Gasteiger partial charge < -0.3 is 9.47 Å². The van der Waals surface area contributed by atoms with Crippen LogP contribution in [0, 0.1) is 0 Å². The lowest BCUT2D eigenvalue weighted by molar-refractivity contribution is 0.406. The zero-order valence-electron chi connectivity index (χ0n) is 15.7. The summed E-state index contributed by atoms with van der Waals surface area (Å²) in [5.74, 6) is 1.42. The van der Waals surface area contributed by atoms with Crippen LogP contribution in [0.15, 0.2) is 65.6 Å². The smallest absolute Gasteiger partial charge is 0.243 e. The lowest BCUT2D eigenvalue weighted by Gasteiger charge is -2.19. The molecule has 5 nitrogen and oxygen atoms in total. The average Bonchev–Trinajstić information content (AvgIpc) is 2.71. The predicted molar refractivity (Wildman–Crippen MR) is 107 cm³/mol. The first-order chi connectivity index (χ1) is 13.0. The Bertz CT molecular complexity index is 1050. The van der Waals surface area contributed by atoms with E-state index >= 15 is 0 Å². The number of benzene rings is 3. The molecule has 0 saturated heterocycles. The number of rotatable bonds is 7. The molecular formula is C21H23NO4S. The monoisotopic (exact) mass is 385 g/mol. The Morgan fingerprint density at radius 1 is 0.815 bits per heavy atom. The van der Waals surface area contributed by atoms with Crippen molar-refractivity contribution in [1.29, 1.82) is 0 Å². The standard InChI is InChI=1S/C21H23NO4S/c1-22(15-14-16-8-4-7-11-19(16)25-2)27(23,24)21-13-12-20(26-3)17-9-5-6-10-18(17)21/h4-13H,14-15H2,1-3H3. The number of sulfonamides is 1. The van der Waals surface area contributed by atoms with Gasteiger partial charge in [0.05, 0.1) is 19.1 Å². The largest absolute Gasteiger partial charge is 0.496 e. The van der Waals surface area contributed by atoms with Crippen LogP contribution in [0.1, 0.15) is 5.56 Å². The molecule has 0 spiro atoms. The highest BCUT2D eigenvalue weighted by Crippen LogP contribution is 2.32. The molecule has 0 aromatic heterocycles. The quantitative estimate of drug-likeness (QED) is 0.622. The van der Waals surface area contributed by atoms with Crippen LogP contribution in [-0.4, -0.2) is 40.5 Å². The summed E-state index contributed by atoms with van der Waals surface area (Å²) in [7, 11) is 1.15. The van der Waals surface area contributed by atoms with Crippen molar-refractivity contribution in [3.63, 3.8) is 0 Å². The molecule has 0 amide bonds. The van der Waals surface area contributed by atoms with Crippen molar-refractivity contribution in [3.05, 3.63) is 66.2 Å². The maximum absolute atomic E-state index is 13.2. The van der Waals surface area contributed by atoms with E-state index in [0.717, 1.165) is 16.7 Å². The molecule has 3 rings (SSSR count). The summed E-state index contributed by atoms with van der Waals surface area (Å²) in [6, 6.07) is 18.3. The van der Waals surface area contributed by atoms with Crippen LogP contribution in [0.4, 0.5) is 0 Å². The highest BCUT2D eigenvalue weighted by atomic mass is 32.2. The van der Waals surface area contributed by atoms with Gasteiger partial charge in [-0.25, -0.2) is 12.7 Å². The number of methoxy groups -OCH3 is 2. The van der Waals surface area contributed by atoms with Gasteiger partial charge in [0, 0.05) is 24.4 Å². The molecule has 0 bridgehead atoms. The summed E-state index contributed by atoms with van der Waals surface area (Å²) in [6.45, 7) is 0.350. The number of ether oxygens (including phenoxy) is 2. The Labute approximate surface area is 160 Å². The molecular weight excluding hydrogens is 362 g/mol. The molecule has 0 saturated carbocycles. The van der Waals surface area contributed by atoms with E-state index in [4.69, 9.17) is 9.47 Å². The van der Waals surface area contributed by atoms with Crippen LogP contribution in [-0.2, 0) is 16.4 Å². The molecule has 3 aromatic carbocycles. The molecule has 0 heterocycles. The van der Waals surface area contributed by atoms with Gasteiger partial charge in [0.1, 0.15) is 11.5 Å². The van der Waals surface area contributed by atoms with Crippen molar-refractivity contribution in [2.24, 2.45) is 0 Å². The van der Waals surface area contributed by atoms with Crippen LogP contribution in [0.2, 0.25) is 0 Å². The van der Waals surface area contributed by atoms with Gasteiger partial charge in [-0.15, -0.1) is 0 Å². The minimum absolute atomic E-state index is 0.279. The zero-order chi connectivity index (χ0) is 19.4. The van der Waals surface area contributed by atoms with E-state index in [0.29, 0.717) is 24.1 Å². The second-order valence-corrected chi connectivity index (χ2v) is 8.21. The second-order valence-electron chi connectivity index (χ2n) is 6.20. The molecule has 0 aliphatic rings. The van der Waals surface area contributed by atoms with E-state index in [-0.39, 0.29) is 4.90 Å².